The van der Waals surface area contributed by atoms with Crippen LogP contribution in [0.4, 0.5) is 5.69 Å². The largest absolute Gasteiger partial charge is 0.489 e. The average Bonchev–Trinajstić information content (AvgIpc) is 2.53. The molecule has 1 saturated heterocycles. The van der Waals surface area contributed by atoms with E-state index in [1.165, 1.54) is 6.07 Å². The predicted octanol–water partition coefficient (Wildman–Crippen LogP) is 1.11. The third-order valence-corrected chi connectivity index (χ3v) is 3.99. The normalized spacial score (nSPS) is 21.3. The lowest BCUT2D eigenvalue weighted by molar-refractivity contribution is -0.123. The summed E-state index contributed by atoms with van der Waals surface area (Å²) in [5.74, 6) is -0.735. The number of carboxylic acid groups (broad SMARTS) is 1. The number of carbonyl (C=O) groups excluding carboxylic acids is 1. The van der Waals surface area contributed by atoms with Gasteiger partial charge in [-0.1, -0.05) is 6.07 Å². The van der Waals surface area contributed by atoms with Crippen molar-refractivity contribution in [3.8, 4) is 5.75 Å². The molecule has 3 rings (SSSR count). The van der Waals surface area contributed by atoms with E-state index in [4.69, 9.17) is 4.74 Å². The molecule has 0 saturated carbocycles. The minimum absolute atomic E-state index is 0.0433. The summed E-state index contributed by atoms with van der Waals surface area (Å²) in [6.45, 7) is 2.42. The summed E-state index contributed by atoms with van der Waals surface area (Å²) in [5, 5.41) is 12.5. The highest BCUT2D eigenvalue weighted by Crippen LogP contribution is 2.36. The Balaban J connectivity index is 1.91. The maximum atomic E-state index is 12.7. The SMILES string of the molecule is O=C(O)c1cccc2c1OCCN2C(=O)C1CCCNC1. The van der Waals surface area contributed by atoms with E-state index in [0.29, 0.717) is 31.1 Å². The number of hydrogen-bond donors (Lipinski definition) is 2. The fourth-order valence-electron chi connectivity index (χ4n) is 2.93. The molecule has 6 heteroatoms. The summed E-state index contributed by atoms with van der Waals surface area (Å²) in [6, 6.07) is 4.89. The second-order valence-electron chi connectivity index (χ2n) is 5.34. The quantitative estimate of drug-likeness (QED) is 0.853. The van der Waals surface area contributed by atoms with Crippen molar-refractivity contribution < 1.29 is 19.4 Å². The molecule has 1 amide bonds. The molecule has 2 N–H and O–H groups in total. The minimum atomic E-state index is -1.04. The van der Waals surface area contributed by atoms with E-state index in [0.717, 1.165) is 19.4 Å². The van der Waals surface area contributed by atoms with E-state index in [2.05, 4.69) is 5.32 Å². The zero-order chi connectivity index (χ0) is 14.8. The molecule has 1 aromatic carbocycles. The monoisotopic (exact) mass is 290 g/mol. The maximum Gasteiger partial charge on any atom is 0.339 e. The van der Waals surface area contributed by atoms with Crippen LogP contribution in [-0.2, 0) is 4.79 Å². The van der Waals surface area contributed by atoms with E-state index in [1.807, 2.05) is 0 Å². The van der Waals surface area contributed by atoms with Crippen molar-refractivity contribution in [2.75, 3.05) is 31.1 Å². The smallest absolute Gasteiger partial charge is 0.339 e. The summed E-state index contributed by atoms with van der Waals surface area (Å²) >= 11 is 0. The van der Waals surface area contributed by atoms with Gasteiger partial charge < -0.3 is 20.1 Å². The van der Waals surface area contributed by atoms with Crippen LogP contribution in [0.3, 0.4) is 0 Å². The molecule has 1 atom stereocenters. The Kier molecular flexibility index (Phi) is 3.79. The van der Waals surface area contributed by atoms with Gasteiger partial charge in [-0.3, -0.25) is 4.79 Å². The number of amides is 1. The van der Waals surface area contributed by atoms with Crippen LogP contribution in [0.15, 0.2) is 18.2 Å². The van der Waals surface area contributed by atoms with Crippen LogP contribution in [0.5, 0.6) is 5.75 Å². The highest BCUT2D eigenvalue weighted by molar-refractivity contribution is 6.00. The average molecular weight is 290 g/mol. The number of carbonyl (C=O) groups is 2. The van der Waals surface area contributed by atoms with Crippen LogP contribution in [0.2, 0.25) is 0 Å². The topological polar surface area (TPSA) is 78.9 Å². The van der Waals surface area contributed by atoms with Crippen LogP contribution >= 0.6 is 0 Å². The molecular formula is C15H18N2O4. The van der Waals surface area contributed by atoms with Crippen LogP contribution in [-0.4, -0.2) is 43.2 Å². The summed E-state index contributed by atoms with van der Waals surface area (Å²) < 4.78 is 5.49. The lowest BCUT2D eigenvalue weighted by atomic mass is 9.97. The molecule has 0 radical (unpaired) electrons. The van der Waals surface area contributed by atoms with Crippen molar-refractivity contribution in [1.82, 2.24) is 5.32 Å². The van der Waals surface area contributed by atoms with Gasteiger partial charge in [0.15, 0.2) is 5.75 Å². The molecule has 1 aromatic rings. The molecule has 21 heavy (non-hydrogen) atoms. The second-order valence-corrected chi connectivity index (χ2v) is 5.34. The molecule has 2 aliphatic heterocycles. The van der Waals surface area contributed by atoms with E-state index in [1.54, 1.807) is 17.0 Å². The maximum absolute atomic E-state index is 12.7. The number of anilines is 1. The molecule has 2 aliphatic rings. The van der Waals surface area contributed by atoms with Crippen molar-refractivity contribution in [3.05, 3.63) is 23.8 Å². The highest BCUT2D eigenvalue weighted by Gasteiger charge is 2.32. The van der Waals surface area contributed by atoms with Crippen molar-refractivity contribution >= 4 is 17.6 Å². The highest BCUT2D eigenvalue weighted by atomic mass is 16.5. The number of rotatable bonds is 2. The van der Waals surface area contributed by atoms with Gasteiger partial charge in [0, 0.05) is 6.54 Å². The number of para-hydroxylation sites is 1. The molecule has 1 fully saturated rings. The standard InChI is InChI=1S/C15H18N2O4/c18-14(10-3-2-6-16-9-10)17-7-8-21-13-11(15(19)20)4-1-5-12(13)17/h1,4-5,10,16H,2-3,6-9H2,(H,19,20). The molecule has 0 aromatic heterocycles. The van der Waals surface area contributed by atoms with E-state index in [-0.39, 0.29) is 17.4 Å². The summed E-state index contributed by atoms with van der Waals surface area (Å²) in [4.78, 5) is 25.6. The number of hydrogen-bond acceptors (Lipinski definition) is 4. The fourth-order valence-corrected chi connectivity index (χ4v) is 2.93. The molecule has 2 heterocycles. The lowest BCUT2D eigenvalue weighted by Gasteiger charge is -2.34. The molecule has 1 unspecified atom stereocenters. The molecule has 6 nitrogen and oxygen atoms in total. The van der Waals surface area contributed by atoms with E-state index < -0.39 is 5.97 Å². The number of ether oxygens (including phenoxy) is 1. The van der Waals surface area contributed by atoms with Gasteiger partial charge in [-0.05, 0) is 31.5 Å². The number of carboxylic acids is 1. The first-order chi connectivity index (χ1) is 10.2. The fraction of sp³-hybridized carbons (Fsp3) is 0.467. The third-order valence-electron chi connectivity index (χ3n) is 3.99. The lowest BCUT2D eigenvalue weighted by Crippen LogP contribution is -2.46. The second kappa shape index (κ2) is 5.73. The van der Waals surface area contributed by atoms with Gasteiger partial charge in [-0.25, -0.2) is 4.79 Å². The van der Waals surface area contributed by atoms with Gasteiger partial charge in [0.2, 0.25) is 5.91 Å². The van der Waals surface area contributed by atoms with E-state index in [9.17, 15) is 14.7 Å². The zero-order valence-corrected chi connectivity index (χ0v) is 11.7. The number of fused-ring (bicyclic) bond motifs is 1. The predicted molar refractivity (Wildman–Crippen MR) is 76.8 cm³/mol. The first-order valence-electron chi connectivity index (χ1n) is 7.19. The van der Waals surface area contributed by atoms with Crippen LogP contribution in [0.1, 0.15) is 23.2 Å². The Morgan fingerprint density at radius 2 is 2.24 bits per heavy atom. The Bertz CT molecular complexity index is 567. The molecule has 112 valence electrons. The third kappa shape index (κ3) is 2.58. The van der Waals surface area contributed by atoms with Crippen LogP contribution in [0, 0.1) is 5.92 Å². The van der Waals surface area contributed by atoms with Crippen molar-refractivity contribution in [1.29, 1.82) is 0 Å². The number of aromatic carboxylic acids is 1. The Morgan fingerprint density at radius 1 is 1.38 bits per heavy atom. The summed E-state index contributed by atoms with van der Waals surface area (Å²) in [7, 11) is 0. The Labute approximate surface area is 122 Å². The summed E-state index contributed by atoms with van der Waals surface area (Å²) in [6.07, 6.45) is 1.86. The van der Waals surface area contributed by atoms with Gasteiger partial charge >= 0.3 is 5.97 Å². The van der Waals surface area contributed by atoms with Crippen LogP contribution in [0.25, 0.3) is 0 Å². The first kappa shape index (κ1) is 13.9. The molecule has 0 spiro atoms. The Hall–Kier alpha value is -2.08. The van der Waals surface area contributed by atoms with Gasteiger partial charge in [-0.15, -0.1) is 0 Å². The minimum Gasteiger partial charge on any atom is -0.489 e. The van der Waals surface area contributed by atoms with Gasteiger partial charge in [0.05, 0.1) is 18.2 Å². The number of benzene rings is 1. The van der Waals surface area contributed by atoms with Gasteiger partial charge in [0.1, 0.15) is 12.2 Å². The van der Waals surface area contributed by atoms with E-state index >= 15 is 0 Å². The number of piperidine rings is 1. The Morgan fingerprint density at radius 3 is 2.95 bits per heavy atom. The van der Waals surface area contributed by atoms with Crippen LogP contribution < -0.4 is 15.0 Å². The molecule has 0 bridgehead atoms. The number of nitrogens with one attached hydrogen (secondary N) is 1. The molecular weight excluding hydrogens is 272 g/mol. The van der Waals surface area contributed by atoms with Gasteiger partial charge in [0.25, 0.3) is 0 Å². The van der Waals surface area contributed by atoms with Crippen molar-refractivity contribution in [3.63, 3.8) is 0 Å². The zero-order valence-electron chi connectivity index (χ0n) is 11.7. The first-order valence-corrected chi connectivity index (χ1v) is 7.19. The summed E-state index contributed by atoms with van der Waals surface area (Å²) in [5.41, 5.74) is 0.670. The van der Waals surface area contributed by atoms with Crippen molar-refractivity contribution in [2.24, 2.45) is 5.92 Å². The van der Waals surface area contributed by atoms with Crippen molar-refractivity contribution in [2.45, 2.75) is 12.8 Å². The van der Waals surface area contributed by atoms with Gasteiger partial charge in [-0.2, -0.15) is 0 Å². The number of nitrogens with zero attached hydrogens (tertiary/aromatic N) is 1. The molecule has 0 aliphatic carbocycles.